The fraction of sp³-hybridized carbons (Fsp3) is 0.839. The van der Waals surface area contributed by atoms with Gasteiger partial charge in [0.15, 0.2) is 6.10 Å². The van der Waals surface area contributed by atoms with Gasteiger partial charge in [-0.05, 0) is 77.0 Å². The van der Waals surface area contributed by atoms with E-state index in [-0.39, 0.29) is 31.1 Å². The molecule has 0 saturated carbocycles. The van der Waals surface area contributed by atoms with Gasteiger partial charge in [0.05, 0.1) is 0 Å². The third-order valence-electron chi connectivity index (χ3n) is 11.9. The van der Waals surface area contributed by atoms with Crippen LogP contribution in [-0.4, -0.2) is 37.2 Å². The molecule has 1 atom stereocenters. The van der Waals surface area contributed by atoms with Crippen LogP contribution in [0, 0.1) is 0 Å². The smallest absolute Gasteiger partial charge is 0.306 e. The van der Waals surface area contributed by atoms with Crippen LogP contribution < -0.4 is 0 Å². The molecule has 62 heavy (non-hydrogen) atoms. The Balaban J connectivity index is 4.21. The molecule has 0 rings (SSSR count). The SMILES string of the molecule is CCCCCCC/C=C\C/C=C\CCCCCCCCCCCC(=O)OCC(COC(=O)CCCCCCCCC)OC(=O)CCCCCCC/C=C\CCCCCCCCC. The van der Waals surface area contributed by atoms with E-state index in [1.165, 1.54) is 173 Å². The van der Waals surface area contributed by atoms with Gasteiger partial charge in [0.25, 0.3) is 0 Å². The molecular formula is C56H102O6. The molecule has 0 aliphatic carbocycles. The quantitative estimate of drug-likeness (QED) is 0.0262. The minimum atomic E-state index is -0.773. The third kappa shape index (κ3) is 48.7. The standard InChI is InChI=1S/C56H102O6/c1-4-7-10-13-16-18-20-22-24-26-27-28-29-30-32-33-35-37-40-43-46-49-55(58)61-52-53(51-60-54(57)48-45-42-39-15-12-9-6-3)62-56(59)50-47-44-41-38-36-34-31-25-23-21-19-17-14-11-8-5-2/h20,22,25-27,31,53H,4-19,21,23-24,28-30,32-52H2,1-3H3/b22-20-,27-26-,31-25-. The Hall–Kier alpha value is -2.37. The van der Waals surface area contributed by atoms with Crippen LogP contribution in [0.4, 0.5) is 0 Å². The van der Waals surface area contributed by atoms with Crippen LogP contribution in [0.3, 0.4) is 0 Å². The summed E-state index contributed by atoms with van der Waals surface area (Å²) in [7, 11) is 0. The lowest BCUT2D eigenvalue weighted by atomic mass is 10.1. The Morgan fingerprint density at radius 3 is 0.903 bits per heavy atom. The van der Waals surface area contributed by atoms with Crippen LogP contribution in [0.15, 0.2) is 36.5 Å². The molecule has 0 bridgehead atoms. The van der Waals surface area contributed by atoms with Gasteiger partial charge in [0.1, 0.15) is 13.2 Å². The number of hydrogen-bond donors (Lipinski definition) is 0. The van der Waals surface area contributed by atoms with Crippen molar-refractivity contribution in [1.82, 2.24) is 0 Å². The van der Waals surface area contributed by atoms with Crippen LogP contribution in [0.5, 0.6) is 0 Å². The van der Waals surface area contributed by atoms with E-state index in [4.69, 9.17) is 14.2 Å². The van der Waals surface area contributed by atoms with Crippen molar-refractivity contribution in [2.24, 2.45) is 0 Å². The van der Waals surface area contributed by atoms with Gasteiger partial charge in [-0.25, -0.2) is 0 Å². The summed E-state index contributed by atoms with van der Waals surface area (Å²) in [5, 5.41) is 0. The molecule has 0 amide bonds. The highest BCUT2D eigenvalue weighted by Crippen LogP contribution is 2.15. The first-order valence-corrected chi connectivity index (χ1v) is 27.0. The van der Waals surface area contributed by atoms with Crippen molar-refractivity contribution in [3.63, 3.8) is 0 Å². The van der Waals surface area contributed by atoms with Gasteiger partial charge in [-0.15, -0.1) is 0 Å². The van der Waals surface area contributed by atoms with Crippen molar-refractivity contribution < 1.29 is 28.6 Å². The van der Waals surface area contributed by atoms with Gasteiger partial charge in [0.2, 0.25) is 0 Å². The van der Waals surface area contributed by atoms with Gasteiger partial charge in [0, 0.05) is 19.3 Å². The zero-order valence-electron chi connectivity index (χ0n) is 41.4. The van der Waals surface area contributed by atoms with Crippen LogP contribution >= 0.6 is 0 Å². The number of hydrogen-bond acceptors (Lipinski definition) is 6. The molecule has 6 heteroatoms. The van der Waals surface area contributed by atoms with E-state index in [1.807, 2.05) is 0 Å². The molecule has 0 aromatic carbocycles. The number of unbranched alkanes of at least 4 members (excludes halogenated alkanes) is 32. The first-order chi connectivity index (χ1) is 30.5. The summed E-state index contributed by atoms with van der Waals surface area (Å²) in [6.45, 7) is 6.60. The van der Waals surface area contributed by atoms with E-state index in [9.17, 15) is 14.4 Å². The largest absolute Gasteiger partial charge is 0.462 e. The third-order valence-corrected chi connectivity index (χ3v) is 11.9. The molecule has 362 valence electrons. The number of allylic oxidation sites excluding steroid dienone is 6. The summed E-state index contributed by atoms with van der Waals surface area (Å²) < 4.78 is 16.7. The maximum Gasteiger partial charge on any atom is 0.306 e. The summed E-state index contributed by atoms with van der Waals surface area (Å²) in [5.41, 5.74) is 0. The van der Waals surface area contributed by atoms with E-state index < -0.39 is 6.10 Å². The first kappa shape index (κ1) is 59.6. The van der Waals surface area contributed by atoms with Crippen molar-refractivity contribution >= 4 is 17.9 Å². The van der Waals surface area contributed by atoms with E-state index in [0.29, 0.717) is 19.3 Å². The monoisotopic (exact) mass is 871 g/mol. The van der Waals surface area contributed by atoms with Gasteiger partial charge >= 0.3 is 17.9 Å². The summed E-state index contributed by atoms with van der Waals surface area (Å²) in [4.78, 5) is 37.8. The maximum absolute atomic E-state index is 12.8. The van der Waals surface area contributed by atoms with Crippen LogP contribution in [0.25, 0.3) is 0 Å². The Morgan fingerprint density at radius 2 is 0.581 bits per heavy atom. The van der Waals surface area contributed by atoms with Crippen molar-refractivity contribution in [3.05, 3.63) is 36.5 Å². The molecule has 0 aliphatic rings. The molecule has 0 spiro atoms. The number of esters is 3. The van der Waals surface area contributed by atoms with Crippen LogP contribution in [-0.2, 0) is 28.6 Å². The number of rotatable bonds is 49. The van der Waals surface area contributed by atoms with E-state index in [0.717, 1.165) is 70.6 Å². The van der Waals surface area contributed by atoms with Crippen molar-refractivity contribution in [2.75, 3.05) is 13.2 Å². The Labute approximate surface area is 385 Å². The van der Waals surface area contributed by atoms with E-state index in [2.05, 4.69) is 57.2 Å². The van der Waals surface area contributed by atoms with Crippen LogP contribution in [0.1, 0.15) is 284 Å². The molecule has 0 radical (unpaired) electrons. The predicted octanol–water partition coefficient (Wildman–Crippen LogP) is 17.7. The molecule has 1 unspecified atom stereocenters. The number of ether oxygens (including phenoxy) is 3. The lowest BCUT2D eigenvalue weighted by Crippen LogP contribution is -2.30. The minimum absolute atomic E-state index is 0.0749. The van der Waals surface area contributed by atoms with Crippen molar-refractivity contribution in [2.45, 2.75) is 290 Å². The molecular weight excluding hydrogens is 769 g/mol. The second kappa shape index (κ2) is 51.3. The second-order valence-electron chi connectivity index (χ2n) is 18.1. The van der Waals surface area contributed by atoms with Crippen molar-refractivity contribution in [1.29, 1.82) is 0 Å². The molecule has 0 fully saturated rings. The topological polar surface area (TPSA) is 78.9 Å². The fourth-order valence-electron chi connectivity index (χ4n) is 7.76. The molecule has 6 nitrogen and oxygen atoms in total. The maximum atomic E-state index is 12.8. The summed E-state index contributed by atoms with van der Waals surface area (Å²) in [5.74, 6) is -0.884. The molecule has 0 saturated heterocycles. The zero-order chi connectivity index (χ0) is 45.1. The summed E-state index contributed by atoms with van der Waals surface area (Å²) in [6, 6.07) is 0. The molecule has 0 aromatic rings. The fourth-order valence-corrected chi connectivity index (χ4v) is 7.76. The predicted molar refractivity (Wildman–Crippen MR) is 266 cm³/mol. The summed E-state index contributed by atoms with van der Waals surface area (Å²) >= 11 is 0. The number of carbonyl (C=O) groups excluding carboxylic acids is 3. The van der Waals surface area contributed by atoms with Crippen molar-refractivity contribution in [3.8, 4) is 0 Å². The van der Waals surface area contributed by atoms with Gasteiger partial charge in [-0.1, -0.05) is 224 Å². The highest BCUT2D eigenvalue weighted by atomic mass is 16.6. The molecule has 0 aliphatic heterocycles. The van der Waals surface area contributed by atoms with E-state index in [1.54, 1.807) is 0 Å². The molecule has 0 heterocycles. The number of carbonyl (C=O) groups is 3. The highest BCUT2D eigenvalue weighted by Gasteiger charge is 2.19. The van der Waals surface area contributed by atoms with Crippen LogP contribution in [0.2, 0.25) is 0 Å². The Kier molecular flexibility index (Phi) is 49.3. The van der Waals surface area contributed by atoms with Gasteiger partial charge < -0.3 is 14.2 Å². The molecule has 0 N–H and O–H groups in total. The highest BCUT2D eigenvalue weighted by molar-refractivity contribution is 5.71. The zero-order valence-corrected chi connectivity index (χ0v) is 41.4. The lowest BCUT2D eigenvalue weighted by Gasteiger charge is -2.18. The Morgan fingerprint density at radius 1 is 0.323 bits per heavy atom. The van der Waals surface area contributed by atoms with Gasteiger partial charge in [-0.3, -0.25) is 14.4 Å². The van der Waals surface area contributed by atoms with E-state index >= 15 is 0 Å². The average molecular weight is 871 g/mol. The first-order valence-electron chi connectivity index (χ1n) is 27.0. The lowest BCUT2D eigenvalue weighted by molar-refractivity contribution is -0.167. The average Bonchev–Trinajstić information content (AvgIpc) is 3.27. The minimum Gasteiger partial charge on any atom is -0.462 e. The summed E-state index contributed by atoms with van der Waals surface area (Å²) in [6.07, 6.45) is 60.0. The second-order valence-corrected chi connectivity index (χ2v) is 18.1. The normalized spacial score (nSPS) is 12.2. The molecule has 0 aromatic heterocycles. The van der Waals surface area contributed by atoms with Gasteiger partial charge in [-0.2, -0.15) is 0 Å². The Bertz CT molecular complexity index is 1050.